The molecule has 0 aliphatic rings. The summed E-state index contributed by atoms with van der Waals surface area (Å²) in [6, 6.07) is 5.85. The molecule has 1 atom stereocenters. The van der Waals surface area contributed by atoms with Crippen molar-refractivity contribution in [3.63, 3.8) is 0 Å². The number of carbonyl (C=O) groups is 1. The fourth-order valence-electron chi connectivity index (χ4n) is 1.74. The largest absolute Gasteiger partial charge is 0.292 e. The lowest BCUT2D eigenvalue weighted by atomic mass is 10.1. The van der Waals surface area contributed by atoms with Crippen LogP contribution in [0.5, 0.6) is 0 Å². The number of Topliss-reactive ketones (excluding diaryl/α,β-unsaturated/α-hetero) is 1. The van der Waals surface area contributed by atoms with E-state index in [0.717, 1.165) is 16.6 Å². The summed E-state index contributed by atoms with van der Waals surface area (Å²) < 4.78 is 2.62. The molecule has 100 valence electrons. The Bertz CT molecular complexity index is 580. The van der Waals surface area contributed by atoms with Gasteiger partial charge in [-0.15, -0.1) is 0 Å². The van der Waals surface area contributed by atoms with Crippen molar-refractivity contribution in [2.45, 2.75) is 32.7 Å². The Morgan fingerprint density at radius 2 is 2.26 bits per heavy atom. The lowest BCUT2D eigenvalue weighted by Crippen LogP contribution is -2.09. The van der Waals surface area contributed by atoms with Gasteiger partial charge in [-0.3, -0.25) is 14.5 Å². The van der Waals surface area contributed by atoms with Gasteiger partial charge in [0.15, 0.2) is 5.78 Å². The zero-order valence-corrected chi connectivity index (χ0v) is 12.6. The standard InChI is InChI=1S/C14H16BrN3O/c1-3-10(2)18-8-6-11(17-18)9-13(19)14-12(15)5-4-7-16-14/h4-8,10H,3,9H2,1-2H3. The highest BCUT2D eigenvalue weighted by Gasteiger charge is 2.14. The third-order valence-corrected chi connectivity index (χ3v) is 3.71. The second-order valence-electron chi connectivity index (χ2n) is 4.48. The third kappa shape index (κ3) is 3.29. The quantitative estimate of drug-likeness (QED) is 0.792. The van der Waals surface area contributed by atoms with Gasteiger partial charge in [0.05, 0.1) is 12.1 Å². The van der Waals surface area contributed by atoms with Crippen LogP contribution in [-0.4, -0.2) is 20.5 Å². The van der Waals surface area contributed by atoms with Gasteiger partial charge in [-0.05, 0) is 47.5 Å². The monoisotopic (exact) mass is 321 g/mol. The molecule has 0 spiro atoms. The van der Waals surface area contributed by atoms with Crippen LogP contribution in [0.15, 0.2) is 35.1 Å². The van der Waals surface area contributed by atoms with Gasteiger partial charge < -0.3 is 0 Å². The molecule has 19 heavy (non-hydrogen) atoms. The summed E-state index contributed by atoms with van der Waals surface area (Å²) in [4.78, 5) is 16.2. The molecule has 0 saturated carbocycles. The molecule has 2 aromatic rings. The van der Waals surface area contributed by atoms with Crippen molar-refractivity contribution < 1.29 is 4.79 Å². The molecule has 1 unspecified atom stereocenters. The van der Waals surface area contributed by atoms with Gasteiger partial charge in [-0.2, -0.15) is 5.10 Å². The molecule has 5 heteroatoms. The average Bonchev–Trinajstić information content (AvgIpc) is 2.86. The fraction of sp³-hybridized carbons (Fsp3) is 0.357. The van der Waals surface area contributed by atoms with Crippen molar-refractivity contribution in [3.05, 3.63) is 46.5 Å². The van der Waals surface area contributed by atoms with Crippen LogP contribution in [0.1, 0.15) is 42.5 Å². The molecule has 2 heterocycles. The zero-order valence-electron chi connectivity index (χ0n) is 11.0. The minimum absolute atomic E-state index is 0.0260. The van der Waals surface area contributed by atoms with E-state index in [9.17, 15) is 4.79 Å². The number of aromatic nitrogens is 3. The topological polar surface area (TPSA) is 47.8 Å². The van der Waals surface area contributed by atoms with Gasteiger partial charge in [0.2, 0.25) is 0 Å². The number of ketones is 1. The summed E-state index contributed by atoms with van der Waals surface area (Å²) in [5.41, 5.74) is 1.24. The maximum atomic E-state index is 12.1. The lowest BCUT2D eigenvalue weighted by Gasteiger charge is -2.08. The van der Waals surface area contributed by atoms with Crippen LogP contribution in [0.2, 0.25) is 0 Å². The van der Waals surface area contributed by atoms with Crippen LogP contribution in [0.3, 0.4) is 0 Å². The smallest absolute Gasteiger partial charge is 0.188 e. The Morgan fingerprint density at radius 1 is 1.47 bits per heavy atom. The molecule has 0 N–H and O–H groups in total. The number of nitrogens with zero attached hydrogens (tertiary/aromatic N) is 3. The van der Waals surface area contributed by atoms with E-state index in [1.165, 1.54) is 0 Å². The summed E-state index contributed by atoms with van der Waals surface area (Å²) >= 11 is 3.34. The van der Waals surface area contributed by atoms with Crippen LogP contribution in [0, 0.1) is 0 Å². The van der Waals surface area contributed by atoms with Crippen LogP contribution >= 0.6 is 15.9 Å². The van der Waals surface area contributed by atoms with Gasteiger partial charge >= 0.3 is 0 Å². The van der Waals surface area contributed by atoms with E-state index in [1.807, 2.05) is 23.0 Å². The zero-order chi connectivity index (χ0) is 13.8. The molecule has 0 aromatic carbocycles. The third-order valence-electron chi connectivity index (χ3n) is 3.07. The predicted molar refractivity (Wildman–Crippen MR) is 77.2 cm³/mol. The van der Waals surface area contributed by atoms with E-state index in [1.54, 1.807) is 12.3 Å². The highest BCUT2D eigenvalue weighted by Crippen LogP contribution is 2.16. The van der Waals surface area contributed by atoms with Crippen LogP contribution < -0.4 is 0 Å². The summed E-state index contributed by atoms with van der Waals surface area (Å²) in [7, 11) is 0. The summed E-state index contributed by atoms with van der Waals surface area (Å²) in [6.07, 6.45) is 4.83. The van der Waals surface area contributed by atoms with Crippen molar-refractivity contribution in [2.24, 2.45) is 0 Å². The molecular weight excluding hydrogens is 306 g/mol. The van der Waals surface area contributed by atoms with Crippen molar-refractivity contribution >= 4 is 21.7 Å². The maximum absolute atomic E-state index is 12.1. The predicted octanol–water partition coefficient (Wildman–Crippen LogP) is 3.44. The average molecular weight is 322 g/mol. The minimum Gasteiger partial charge on any atom is -0.292 e. The Balaban J connectivity index is 2.11. The normalized spacial score (nSPS) is 12.4. The molecule has 0 fully saturated rings. The molecular formula is C14H16BrN3O. The Morgan fingerprint density at radius 3 is 2.95 bits per heavy atom. The van der Waals surface area contributed by atoms with E-state index in [-0.39, 0.29) is 12.2 Å². The SMILES string of the molecule is CCC(C)n1ccc(CC(=O)c2ncccc2Br)n1. The summed E-state index contributed by atoms with van der Waals surface area (Å²) in [5.74, 6) is -0.0260. The lowest BCUT2D eigenvalue weighted by molar-refractivity contribution is 0.0986. The molecule has 0 saturated heterocycles. The Labute approximate surface area is 121 Å². The first kappa shape index (κ1) is 13.9. The van der Waals surface area contributed by atoms with Gasteiger partial charge in [0.1, 0.15) is 5.69 Å². The Kier molecular flexibility index (Phi) is 4.47. The molecule has 2 aromatic heterocycles. The fourth-order valence-corrected chi connectivity index (χ4v) is 2.22. The number of halogens is 1. The highest BCUT2D eigenvalue weighted by atomic mass is 79.9. The van der Waals surface area contributed by atoms with E-state index in [0.29, 0.717) is 11.7 Å². The van der Waals surface area contributed by atoms with Gasteiger partial charge in [0, 0.05) is 22.9 Å². The maximum Gasteiger partial charge on any atom is 0.188 e. The van der Waals surface area contributed by atoms with Gasteiger partial charge in [-0.25, -0.2) is 0 Å². The van der Waals surface area contributed by atoms with E-state index >= 15 is 0 Å². The second kappa shape index (κ2) is 6.10. The van der Waals surface area contributed by atoms with Crippen molar-refractivity contribution in [1.82, 2.24) is 14.8 Å². The number of rotatable bonds is 5. The van der Waals surface area contributed by atoms with Crippen LogP contribution in [0.4, 0.5) is 0 Å². The summed E-state index contributed by atoms with van der Waals surface area (Å²) in [6.45, 7) is 4.22. The van der Waals surface area contributed by atoms with E-state index in [4.69, 9.17) is 0 Å². The molecule has 0 aliphatic carbocycles. The first-order valence-corrected chi connectivity index (χ1v) is 7.09. The minimum atomic E-state index is -0.0260. The van der Waals surface area contributed by atoms with Crippen molar-refractivity contribution in [3.8, 4) is 0 Å². The van der Waals surface area contributed by atoms with E-state index < -0.39 is 0 Å². The number of carbonyl (C=O) groups excluding carboxylic acids is 1. The molecule has 0 radical (unpaired) electrons. The van der Waals surface area contributed by atoms with Crippen LogP contribution in [0.25, 0.3) is 0 Å². The van der Waals surface area contributed by atoms with Gasteiger partial charge in [-0.1, -0.05) is 6.92 Å². The first-order chi connectivity index (χ1) is 9.11. The Hall–Kier alpha value is -1.49. The molecule has 0 aliphatic heterocycles. The molecule has 0 bridgehead atoms. The molecule has 2 rings (SSSR count). The highest BCUT2D eigenvalue weighted by molar-refractivity contribution is 9.10. The first-order valence-electron chi connectivity index (χ1n) is 6.29. The number of pyridine rings is 1. The molecule has 4 nitrogen and oxygen atoms in total. The second-order valence-corrected chi connectivity index (χ2v) is 5.33. The van der Waals surface area contributed by atoms with Crippen molar-refractivity contribution in [1.29, 1.82) is 0 Å². The van der Waals surface area contributed by atoms with Gasteiger partial charge in [0.25, 0.3) is 0 Å². The van der Waals surface area contributed by atoms with E-state index in [2.05, 4.69) is 39.9 Å². The number of hydrogen-bond acceptors (Lipinski definition) is 3. The number of hydrogen-bond donors (Lipinski definition) is 0. The van der Waals surface area contributed by atoms with Crippen molar-refractivity contribution in [2.75, 3.05) is 0 Å². The summed E-state index contributed by atoms with van der Waals surface area (Å²) in [5, 5.41) is 4.43. The van der Waals surface area contributed by atoms with Crippen LogP contribution in [-0.2, 0) is 6.42 Å². The molecule has 0 amide bonds.